The van der Waals surface area contributed by atoms with Gasteiger partial charge in [0, 0.05) is 24.2 Å². The normalized spacial score (nSPS) is 20.6. The zero-order valence-corrected chi connectivity index (χ0v) is 12.3. The fraction of sp³-hybridized carbons (Fsp3) is 0.571. The lowest BCUT2D eigenvalue weighted by Gasteiger charge is -2.48. The fourth-order valence-corrected chi connectivity index (χ4v) is 2.79. The Hall–Kier alpha value is -1.69. The van der Waals surface area contributed by atoms with Crippen LogP contribution in [0.2, 0.25) is 0 Å². The van der Waals surface area contributed by atoms with Crippen LogP contribution in [-0.2, 0) is 0 Å². The van der Waals surface area contributed by atoms with E-state index < -0.39 is 5.82 Å². The highest BCUT2D eigenvalue weighted by atomic mass is 19.1. The van der Waals surface area contributed by atoms with Gasteiger partial charge in [0.1, 0.15) is 11.6 Å². The molecule has 1 aromatic rings. The first-order chi connectivity index (χ1) is 9.17. The van der Waals surface area contributed by atoms with Crippen molar-refractivity contribution in [3.05, 3.63) is 24.1 Å². The first kappa shape index (κ1) is 14.7. The van der Waals surface area contributed by atoms with Gasteiger partial charge in [0.2, 0.25) is 0 Å². The smallest absolute Gasteiger partial charge is 0.321 e. The SMILES string of the molecule is CC1(C)CN(C(=O)Nc2ccc(F)cn2)CC(C)(C)N1. The number of nitrogens with one attached hydrogen (secondary N) is 2. The van der Waals surface area contributed by atoms with Crippen molar-refractivity contribution in [3.63, 3.8) is 0 Å². The number of nitrogens with zero attached hydrogens (tertiary/aromatic N) is 2. The minimum Gasteiger partial charge on any atom is -0.321 e. The number of hydrogen-bond donors (Lipinski definition) is 2. The van der Waals surface area contributed by atoms with Gasteiger partial charge in [-0.15, -0.1) is 0 Å². The Morgan fingerprint density at radius 1 is 1.30 bits per heavy atom. The number of carbonyl (C=O) groups is 1. The molecule has 2 amide bonds. The first-order valence-electron chi connectivity index (χ1n) is 6.64. The molecule has 1 aliphatic rings. The van der Waals surface area contributed by atoms with Gasteiger partial charge in [-0.3, -0.25) is 5.32 Å². The van der Waals surface area contributed by atoms with E-state index in [9.17, 15) is 9.18 Å². The number of hydrogen-bond acceptors (Lipinski definition) is 3. The molecule has 6 heteroatoms. The molecular weight excluding hydrogens is 259 g/mol. The molecule has 0 radical (unpaired) electrons. The van der Waals surface area contributed by atoms with Gasteiger partial charge in [-0.2, -0.15) is 0 Å². The van der Waals surface area contributed by atoms with E-state index in [4.69, 9.17) is 0 Å². The molecule has 1 aliphatic heterocycles. The van der Waals surface area contributed by atoms with Crippen LogP contribution in [-0.4, -0.2) is 40.1 Å². The van der Waals surface area contributed by atoms with Crippen molar-refractivity contribution in [2.24, 2.45) is 0 Å². The molecule has 20 heavy (non-hydrogen) atoms. The van der Waals surface area contributed by atoms with Crippen molar-refractivity contribution >= 4 is 11.8 Å². The molecule has 1 saturated heterocycles. The summed E-state index contributed by atoms with van der Waals surface area (Å²) in [5, 5.41) is 6.20. The Bertz CT molecular complexity index is 482. The second kappa shape index (κ2) is 5.01. The number of rotatable bonds is 1. The van der Waals surface area contributed by atoms with Crippen molar-refractivity contribution in [1.82, 2.24) is 15.2 Å². The van der Waals surface area contributed by atoms with Crippen LogP contribution in [0.1, 0.15) is 27.7 Å². The fourth-order valence-electron chi connectivity index (χ4n) is 2.79. The van der Waals surface area contributed by atoms with Gasteiger partial charge in [0.15, 0.2) is 0 Å². The highest BCUT2D eigenvalue weighted by Crippen LogP contribution is 2.21. The van der Waals surface area contributed by atoms with Crippen molar-refractivity contribution in [2.45, 2.75) is 38.8 Å². The van der Waals surface area contributed by atoms with Crippen molar-refractivity contribution < 1.29 is 9.18 Å². The average molecular weight is 280 g/mol. The summed E-state index contributed by atoms with van der Waals surface area (Å²) in [6.45, 7) is 9.44. The summed E-state index contributed by atoms with van der Waals surface area (Å²) in [7, 11) is 0. The zero-order chi connectivity index (χ0) is 15.0. The molecule has 5 nitrogen and oxygen atoms in total. The summed E-state index contributed by atoms with van der Waals surface area (Å²) in [5.41, 5.74) is -0.315. The molecule has 2 heterocycles. The van der Waals surface area contributed by atoms with Crippen LogP contribution >= 0.6 is 0 Å². The van der Waals surface area contributed by atoms with Crippen molar-refractivity contribution in [1.29, 1.82) is 0 Å². The minimum absolute atomic E-state index is 0.157. The summed E-state index contributed by atoms with van der Waals surface area (Å²) >= 11 is 0. The van der Waals surface area contributed by atoms with E-state index in [-0.39, 0.29) is 17.1 Å². The largest absolute Gasteiger partial charge is 0.323 e. The maximum absolute atomic E-state index is 12.8. The number of halogens is 1. The third-order valence-corrected chi connectivity index (χ3v) is 3.10. The van der Waals surface area contributed by atoms with Gasteiger partial charge in [0.05, 0.1) is 6.20 Å². The van der Waals surface area contributed by atoms with Crippen LogP contribution in [0.15, 0.2) is 18.3 Å². The van der Waals surface area contributed by atoms with E-state index in [1.165, 1.54) is 12.1 Å². The second-order valence-electron chi connectivity index (χ2n) is 6.54. The molecule has 110 valence electrons. The zero-order valence-electron chi connectivity index (χ0n) is 12.3. The van der Waals surface area contributed by atoms with Gasteiger partial charge in [-0.1, -0.05) is 0 Å². The predicted molar refractivity (Wildman–Crippen MR) is 76.1 cm³/mol. The predicted octanol–water partition coefficient (Wildman–Crippen LogP) is 2.21. The summed E-state index contributed by atoms with van der Waals surface area (Å²) in [6, 6.07) is 2.51. The van der Waals surface area contributed by atoms with E-state index in [0.717, 1.165) is 6.20 Å². The lowest BCUT2D eigenvalue weighted by Crippen LogP contribution is -2.68. The van der Waals surface area contributed by atoms with E-state index in [1.54, 1.807) is 4.90 Å². The molecule has 2 rings (SSSR count). The molecular formula is C14H21FN4O. The average Bonchev–Trinajstić information content (AvgIpc) is 2.28. The number of aromatic nitrogens is 1. The van der Waals surface area contributed by atoms with Gasteiger partial charge >= 0.3 is 6.03 Å². The second-order valence-corrected chi connectivity index (χ2v) is 6.54. The third kappa shape index (κ3) is 3.66. The topological polar surface area (TPSA) is 57.3 Å². The molecule has 1 fully saturated rings. The van der Waals surface area contributed by atoms with E-state index in [2.05, 4.69) is 43.3 Å². The Labute approximate surface area is 118 Å². The Morgan fingerprint density at radius 3 is 2.40 bits per heavy atom. The molecule has 0 saturated carbocycles. The van der Waals surface area contributed by atoms with Crippen molar-refractivity contribution in [2.75, 3.05) is 18.4 Å². The summed E-state index contributed by atoms with van der Waals surface area (Å²) in [5.74, 6) is -0.0713. The van der Waals surface area contributed by atoms with Crippen LogP contribution in [0, 0.1) is 5.82 Å². The van der Waals surface area contributed by atoms with Crippen LogP contribution in [0.3, 0.4) is 0 Å². The van der Waals surface area contributed by atoms with Gasteiger partial charge < -0.3 is 10.2 Å². The van der Waals surface area contributed by atoms with Crippen molar-refractivity contribution in [3.8, 4) is 0 Å². The molecule has 0 spiro atoms. The summed E-state index contributed by atoms with van der Waals surface area (Å²) < 4.78 is 12.8. The highest BCUT2D eigenvalue weighted by molar-refractivity contribution is 5.88. The number of anilines is 1. The molecule has 0 aromatic carbocycles. The van der Waals surface area contributed by atoms with Crippen LogP contribution in [0.5, 0.6) is 0 Å². The molecule has 0 bridgehead atoms. The van der Waals surface area contributed by atoms with E-state index in [1.807, 2.05) is 0 Å². The third-order valence-electron chi connectivity index (χ3n) is 3.10. The molecule has 0 unspecified atom stereocenters. The summed E-state index contributed by atoms with van der Waals surface area (Å²) in [4.78, 5) is 17.9. The summed E-state index contributed by atoms with van der Waals surface area (Å²) in [6.07, 6.45) is 1.08. The lowest BCUT2D eigenvalue weighted by molar-refractivity contribution is 0.102. The molecule has 0 aliphatic carbocycles. The Morgan fingerprint density at radius 2 is 1.90 bits per heavy atom. The minimum atomic E-state index is -0.424. The number of pyridine rings is 1. The number of amides is 2. The van der Waals surface area contributed by atoms with Crippen LogP contribution < -0.4 is 10.6 Å². The Kier molecular flexibility index (Phi) is 3.69. The molecule has 0 atom stereocenters. The van der Waals surface area contributed by atoms with Gasteiger partial charge in [-0.25, -0.2) is 14.2 Å². The van der Waals surface area contributed by atoms with Gasteiger partial charge in [0.25, 0.3) is 0 Å². The number of piperazine rings is 1. The van der Waals surface area contributed by atoms with Gasteiger partial charge in [-0.05, 0) is 39.8 Å². The molecule has 1 aromatic heterocycles. The lowest BCUT2D eigenvalue weighted by atomic mass is 9.92. The maximum Gasteiger partial charge on any atom is 0.323 e. The number of carbonyl (C=O) groups excluding carboxylic acids is 1. The highest BCUT2D eigenvalue weighted by Gasteiger charge is 2.38. The van der Waals surface area contributed by atoms with Crippen LogP contribution in [0.4, 0.5) is 15.0 Å². The molecule has 2 N–H and O–H groups in total. The Balaban J connectivity index is 2.07. The maximum atomic E-state index is 12.8. The monoisotopic (exact) mass is 280 g/mol. The van der Waals surface area contributed by atoms with Crippen LogP contribution in [0.25, 0.3) is 0 Å². The first-order valence-corrected chi connectivity index (χ1v) is 6.64. The van der Waals surface area contributed by atoms with E-state index >= 15 is 0 Å². The van der Waals surface area contributed by atoms with E-state index in [0.29, 0.717) is 18.9 Å². The standard InChI is InChI=1S/C14H21FN4O/c1-13(2)8-19(9-14(3,4)18-13)12(20)17-11-6-5-10(15)7-16-11/h5-7,18H,8-9H2,1-4H3,(H,16,17,20). The quantitative estimate of drug-likeness (QED) is 0.829. The number of urea groups is 1.